The van der Waals surface area contributed by atoms with Gasteiger partial charge in [-0.2, -0.15) is 4.80 Å². The molecule has 17 heavy (non-hydrogen) atoms. The molecule has 0 saturated heterocycles. The first-order chi connectivity index (χ1) is 8.20. The molecule has 0 spiro atoms. The maximum absolute atomic E-state index is 4.32. The van der Waals surface area contributed by atoms with Gasteiger partial charge < -0.3 is 0 Å². The molecule has 1 aliphatic rings. The summed E-state index contributed by atoms with van der Waals surface area (Å²) in [4.78, 5) is 1.54. The van der Waals surface area contributed by atoms with E-state index in [4.69, 9.17) is 0 Å². The fourth-order valence-electron chi connectivity index (χ4n) is 2.74. The van der Waals surface area contributed by atoms with Crippen LogP contribution in [0.1, 0.15) is 31.5 Å². The molecule has 4 nitrogen and oxygen atoms in total. The molecule has 0 N–H and O–H groups in total. The van der Waals surface area contributed by atoms with Gasteiger partial charge in [0.05, 0.1) is 7.05 Å². The highest BCUT2D eigenvalue weighted by molar-refractivity contribution is 9.09. The lowest BCUT2D eigenvalue weighted by Crippen LogP contribution is -2.35. The zero-order valence-corrected chi connectivity index (χ0v) is 13.2. The molecule has 0 atom stereocenters. The summed E-state index contributed by atoms with van der Waals surface area (Å²) in [5, 5.41) is 14.4. The summed E-state index contributed by atoms with van der Waals surface area (Å²) in [5.41, 5.74) is 0.236. The maximum Gasteiger partial charge on any atom is 0.175 e. The molecule has 1 aromatic rings. The third-order valence-corrected chi connectivity index (χ3v) is 6.05. The summed E-state index contributed by atoms with van der Waals surface area (Å²) in [6, 6.07) is 0. The van der Waals surface area contributed by atoms with Crippen LogP contribution in [0.25, 0.3) is 0 Å². The van der Waals surface area contributed by atoms with Crippen LogP contribution in [0.2, 0.25) is 0 Å². The number of nitrogens with zero attached hydrogens (tertiary/aromatic N) is 4. The van der Waals surface area contributed by atoms with E-state index in [0.29, 0.717) is 0 Å². The zero-order valence-electron chi connectivity index (χ0n) is 10.1. The van der Waals surface area contributed by atoms with Crippen LogP contribution in [0.3, 0.4) is 0 Å². The fraction of sp³-hybridized carbons (Fsp3) is 0.909. The second-order valence-electron chi connectivity index (χ2n) is 4.98. The van der Waals surface area contributed by atoms with Crippen LogP contribution in [0, 0.1) is 11.3 Å². The lowest BCUT2D eigenvalue weighted by atomic mass is 9.75. The highest BCUT2D eigenvalue weighted by atomic mass is 79.9. The minimum Gasteiger partial charge on any atom is -0.167 e. The first kappa shape index (κ1) is 13.5. The highest BCUT2D eigenvalue weighted by Crippen LogP contribution is 2.44. The van der Waals surface area contributed by atoms with Crippen molar-refractivity contribution in [3.05, 3.63) is 5.82 Å². The second-order valence-corrected chi connectivity index (χ2v) is 6.10. The van der Waals surface area contributed by atoms with E-state index in [1.807, 2.05) is 7.05 Å². The molecule has 0 bridgehead atoms. The Hall–Kier alpha value is 0.0300. The van der Waals surface area contributed by atoms with Gasteiger partial charge in [0, 0.05) is 17.1 Å². The lowest BCUT2D eigenvalue weighted by molar-refractivity contribution is 0.228. The number of hydrogen-bond acceptors (Lipinski definition) is 3. The van der Waals surface area contributed by atoms with E-state index in [1.54, 1.807) is 0 Å². The van der Waals surface area contributed by atoms with Crippen molar-refractivity contribution in [1.29, 1.82) is 0 Å². The fourth-order valence-corrected chi connectivity index (χ4v) is 4.98. The molecule has 1 heterocycles. The third-order valence-electron chi connectivity index (χ3n) is 3.81. The van der Waals surface area contributed by atoms with Gasteiger partial charge in [-0.25, -0.2) is 0 Å². The minimum absolute atomic E-state index is 0.236. The van der Waals surface area contributed by atoms with Crippen molar-refractivity contribution < 1.29 is 0 Å². The number of hydrogen-bond donors (Lipinski definition) is 0. The second kappa shape index (κ2) is 5.78. The molecule has 0 unspecified atom stereocenters. The quantitative estimate of drug-likeness (QED) is 0.753. The molecule has 1 aromatic heterocycles. The van der Waals surface area contributed by atoms with E-state index in [9.17, 15) is 0 Å². The molecule has 1 aliphatic carbocycles. The van der Waals surface area contributed by atoms with Crippen molar-refractivity contribution in [2.45, 2.75) is 32.1 Å². The van der Waals surface area contributed by atoms with Gasteiger partial charge in [0.15, 0.2) is 5.82 Å². The SMILES string of the molecule is Cn1nnc(CC(CBr)(CBr)C2CCCC2)n1. The summed E-state index contributed by atoms with van der Waals surface area (Å²) in [6.07, 6.45) is 6.29. The number of tetrazole rings is 1. The zero-order chi connectivity index (χ0) is 12.3. The summed E-state index contributed by atoms with van der Waals surface area (Å²) in [6.45, 7) is 0. The average molecular weight is 366 g/mol. The van der Waals surface area contributed by atoms with Crippen molar-refractivity contribution >= 4 is 31.9 Å². The maximum atomic E-state index is 4.32. The summed E-state index contributed by atoms with van der Waals surface area (Å²) >= 11 is 7.39. The van der Waals surface area contributed by atoms with E-state index in [-0.39, 0.29) is 5.41 Å². The molecule has 1 saturated carbocycles. The normalized spacial score (nSPS) is 17.8. The Morgan fingerprint density at radius 3 is 2.41 bits per heavy atom. The van der Waals surface area contributed by atoms with Crippen molar-refractivity contribution in [3.63, 3.8) is 0 Å². The Labute approximate surface area is 119 Å². The smallest absolute Gasteiger partial charge is 0.167 e. The molecule has 0 radical (unpaired) electrons. The van der Waals surface area contributed by atoms with E-state index < -0.39 is 0 Å². The number of aryl methyl sites for hydroxylation is 1. The van der Waals surface area contributed by atoms with E-state index in [0.717, 1.165) is 28.8 Å². The van der Waals surface area contributed by atoms with Crippen molar-refractivity contribution in [3.8, 4) is 0 Å². The molecule has 0 aromatic carbocycles. The Morgan fingerprint density at radius 2 is 1.94 bits per heavy atom. The standard InChI is InChI=1S/C11H18Br2N4/c1-17-15-10(14-16-17)6-11(7-12,8-13)9-4-2-3-5-9/h9H,2-8H2,1H3. The highest BCUT2D eigenvalue weighted by Gasteiger charge is 2.39. The Morgan fingerprint density at radius 1 is 1.29 bits per heavy atom. The predicted molar refractivity (Wildman–Crippen MR) is 74.5 cm³/mol. The molecular formula is C11H18Br2N4. The average Bonchev–Trinajstić information content (AvgIpc) is 2.98. The van der Waals surface area contributed by atoms with Crippen LogP contribution < -0.4 is 0 Å². The monoisotopic (exact) mass is 364 g/mol. The summed E-state index contributed by atoms with van der Waals surface area (Å²) in [5.74, 6) is 1.63. The van der Waals surface area contributed by atoms with Gasteiger partial charge in [0.25, 0.3) is 0 Å². The molecular weight excluding hydrogens is 348 g/mol. The molecule has 0 aliphatic heterocycles. The van der Waals surface area contributed by atoms with E-state index in [2.05, 4.69) is 47.3 Å². The Kier molecular flexibility index (Phi) is 4.58. The molecule has 96 valence electrons. The van der Waals surface area contributed by atoms with Crippen molar-refractivity contribution in [1.82, 2.24) is 20.2 Å². The summed E-state index contributed by atoms with van der Waals surface area (Å²) in [7, 11) is 1.82. The third kappa shape index (κ3) is 2.89. The van der Waals surface area contributed by atoms with E-state index in [1.165, 1.54) is 30.5 Å². The van der Waals surface area contributed by atoms with Crippen LogP contribution >= 0.6 is 31.9 Å². The first-order valence-electron chi connectivity index (χ1n) is 6.05. The predicted octanol–water partition coefficient (Wildman–Crippen LogP) is 2.72. The van der Waals surface area contributed by atoms with Gasteiger partial charge >= 0.3 is 0 Å². The largest absolute Gasteiger partial charge is 0.175 e. The minimum atomic E-state index is 0.236. The van der Waals surface area contributed by atoms with Crippen LogP contribution in [0.4, 0.5) is 0 Å². The number of alkyl halides is 2. The number of rotatable bonds is 5. The van der Waals surface area contributed by atoms with Gasteiger partial charge in [-0.15, -0.1) is 10.2 Å². The van der Waals surface area contributed by atoms with Crippen LogP contribution in [-0.2, 0) is 13.5 Å². The Balaban J connectivity index is 2.15. The van der Waals surface area contributed by atoms with Crippen LogP contribution in [-0.4, -0.2) is 30.9 Å². The van der Waals surface area contributed by atoms with Gasteiger partial charge in [0.1, 0.15) is 0 Å². The van der Waals surface area contributed by atoms with Gasteiger partial charge in [-0.05, 0) is 29.4 Å². The molecule has 2 rings (SSSR count). The topological polar surface area (TPSA) is 43.6 Å². The summed E-state index contributed by atoms with van der Waals surface area (Å²) < 4.78 is 0. The number of aromatic nitrogens is 4. The van der Waals surface area contributed by atoms with Crippen molar-refractivity contribution in [2.24, 2.45) is 18.4 Å². The van der Waals surface area contributed by atoms with Crippen LogP contribution in [0.5, 0.6) is 0 Å². The molecule has 6 heteroatoms. The Bertz CT molecular complexity index is 356. The molecule has 0 amide bonds. The first-order valence-corrected chi connectivity index (χ1v) is 8.29. The van der Waals surface area contributed by atoms with Gasteiger partial charge in [-0.3, -0.25) is 0 Å². The number of halogens is 2. The van der Waals surface area contributed by atoms with Gasteiger partial charge in [0.2, 0.25) is 0 Å². The molecule has 1 fully saturated rings. The van der Waals surface area contributed by atoms with Crippen molar-refractivity contribution in [2.75, 3.05) is 10.7 Å². The van der Waals surface area contributed by atoms with Crippen LogP contribution in [0.15, 0.2) is 0 Å². The van der Waals surface area contributed by atoms with E-state index >= 15 is 0 Å². The van der Waals surface area contributed by atoms with Gasteiger partial charge in [-0.1, -0.05) is 44.7 Å². The lowest BCUT2D eigenvalue weighted by Gasteiger charge is -2.35.